The van der Waals surface area contributed by atoms with Gasteiger partial charge < -0.3 is 11.5 Å². The molecule has 0 saturated heterocycles. The standard InChI is InChI=1S/C14H24N2/c1-3-6-13(15)11-8-5-9-12(10-11)14(16)7-4-2/h5,8-10,13-14H,3-4,6-7,15-16H2,1-2H3/t13-,14-/m1/s1. The Hall–Kier alpha value is -0.860. The SMILES string of the molecule is CCC[C@@H](N)c1cccc([C@H](N)CCC)c1. The second kappa shape index (κ2) is 6.66. The zero-order chi connectivity index (χ0) is 12.0. The molecule has 2 heteroatoms. The van der Waals surface area contributed by atoms with Crippen LogP contribution in [0.1, 0.15) is 62.7 Å². The lowest BCUT2D eigenvalue weighted by Gasteiger charge is -2.15. The van der Waals surface area contributed by atoms with Gasteiger partial charge in [-0.05, 0) is 24.0 Å². The Morgan fingerprint density at radius 2 is 1.38 bits per heavy atom. The maximum absolute atomic E-state index is 6.11. The van der Waals surface area contributed by atoms with Crippen molar-refractivity contribution in [1.82, 2.24) is 0 Å². The van der Waals surface area contributed by atoms with Gasteiger partial charge in [-0.15, -0.1) is 0 Å². The highest BCUT2D eigenvalue weighted by Gasteiger charge is 2.08. The van der Waals surface area contributed by atoms with Crippen LogP contribution in [0.3, 0.4) is 0 Å². The van der Waals surface area contributed by atoms with Crippen molar-refractivity contribution in [3.8, 4) is 0 Å². The molecule has 0 radical (unpaired) electrons. The maximum atomic E-state index is 6.11. The van der Waals surface area contributed by atoms with Gasteiger partial charge in [0.1, 0.15) is 0 Å². The van der Waals surface area contributed by atoms with Crippen LogP contribution in [0.15, 0.2) is 24.3 Å². The third kappa shape index (κ3) is 3.62. The highest BCUT2D eigenvalue weighted by Crippen LogP contribution is 2.21. The molecule has 0 aromatic heterocycles. The van der Waals surface area contributed by atoms with E-state index in [1.54, 1.807) is 0 Å². The number of nitrogens with two attached hydrogens (primary N) is 2. The first-order valence-corrected chi connectivity index (χ1v) is 6.30. The molecule has 0 aliphatic carbocycles. The van der Waals surface area contributed by atoms with Crippen molar-refractivity contribution in [1.29, 1.82) is 0 Å². The molecule has 0 heterocycles. The van der Waals surface area contributed by atoms with Crippen molar-refractivity contribution < 1.29 is 0 Å². The molecule has 1 rings (SSSR count). The summed E-state index contributed by atoms with van der Waals surface area (Å²) < 4.78 is 0. The van der Waals surface area contributed by atoms with Crippen LogP contribution in [0.4, 0.5) is 0 Å². The summed E-state index contributed by atoms with van der Waals surface area (Å²) in [4.78, 5) is 0. The minimum absolute atomic E-state index is 0.152. The van der Waals surface area contributed by atoms with Crippen LogP contribution >= 0.6 is 0 Å². The molecule has 0 saturated carbocycles. The molecule has 2 atom stereocenters. The lowest BCUT2D eigenvalue weighted by Crippen LogP contribution is -2.13. The number of hydrogen-bond donors (Lipinski definition) is 2. The maximum Gasteiger partial charge on any atom is 0.0294 e. The van der Waals surface area contributed by atoms with Crippen LogP contribution in [0.2, 0.25) is 0 Å². The molecule has 0 fully saturated rings. The van der Waals surface area contributed by atoms with E-state index in [1.807, 2.05) is 0 Å². The zero-order valence-electron chi connectivity index (χ0n) is 10.4. The topological polar surface area (TPSA) is 52.0 Å². The highest BCUT2D eigenvalue weighted by atomic mass is 14.6. The average molecular weight is 220 g/mol. The van der Waals surface area contributed by atoms with E-state index in [4.69, 9.17) is 11.5 Å². The molecule has 0 aliphatic heterocycles. The monoisotopic (exact) mass is 220 g/mol. The van der Waals surface area contributed by atoms with E-state index in [2.05, 4.69) is 38.1 Å². The van der Waals surface area contributed by atoms with Crippen molar-refractivity contribution in [3.05, 3.63) is 35.4 Å². The average Bonchev–Trinajstić information content (AvgIpc) is 2.30. The summed E-state index contributed by atoms with van der Waals surface area (Å²) in [6.07, 6.45) is 4.30. The van der Waals surface area contributed by atoms with Gasteiger partial charge in [0.05, 0.1) is 0 Å². The van der Waals surface area contributed by atoms with E-state index in [9.17, 15) is 0 Å². The van der Waals surface area contributed by atoms with E-state index in [-0.39, 0.29) is 12.1 Å². The van der Waals surface area contributed by atoms with Gasteiger partial charge in [-0.1, -0.05) is 51.0 Å². The Bertz CT molecular complexity index is 282. The van der Waals surface area contributed by atoms with E-state index >= 15 is 0 Å². The molecule has 1 aromatic rings. The first-order valence-electron chi connectivity index (χ1n) is 6.30. The minimum Gasteiger partial charge on any atom is -0.324 e. The Morgan fingerprint density at radius 1 is 0.938 bits per heavy atom. The molecule has 1 aromatic carbocycles. The van der Waals surface area contributed by atoms with Crippen molar-refractivity contribution in [3.63, 3.8) is 0 Å². The van der Waals surface area contributed by atoms with Crippen molar-refractivity contribution in [2.24, 2.45) is 11.5 Å². The molecule has 0 bridgehead atoms. The molecule has 90 valence electrons. The molecule has 0 amide bonds. The summed E-state index contributed by atoms with van der Waals surface area (Å²) in [6, 6.07) is 8.74. The van der Waals surface area contributed by atoms with Crippen molar-refractivity contribution in [2.75, 3.05) is 0 Å². The molecular weight excluding hydrogens is 196 g/mol. The first-order chi connectivity index (χ1) is 7.69. The van der Waals surface area contributed by atoms with E-state index < -0.39 is 0 Å². The fourth-order valence-corrected chi connectivity index (χ4v) is 1.98. The summed E-state index contributed by atoms with van der Waals surface area (Å²) >= 11 is 0. The minimum atomic E-state index is 0.152. The van der Waals surface area contributed by atoms with E-state index in [1.165, 1.54) is 11.1 Å². The van der Waals surface area contributed by atoms with Gasteiger partial charge in [0.2, 0.25) is 0 Å². The molecule has 16 heavy (non-hydrogen) atoms. The van der Waals surface area contributed by atoms with Gasteiger partial charge >= 0.3 is 0 Å². The first kappa shape index (κ1) is 13.2. The largest absolute Gasteiger partial charge is 0.324 e. The van der Waals surface area contributed by atoms with Gasteiger partial charge in [0.15, 0.2) is 0 Å². The summed E-state index contributed by atoms with van der Waals surface area (Å²) in [6.45, 7) is 4.32. The Balaban J connectivity index is 2.77. The summed E-state index contributed by atoms with van der Waals surface area (Å²) in [5.41, 5.74) is 14.6. The predicted molar refractivity (Wildman–Crippen MR) is 70.1 cm³/mol. The van der Waals surface area contributed by atoms with E-state index in [0.29, 0.717) is 0 Å². The fourth-order valence-electron chi connectivity index (χ4n) is 1.98. The Kier molecular flexibility index (Phi) is 5.50. The third-order valence-electron chi connectivity index (χ3n) is 2.97. The van der Waals surface area contributed by atoms with Crippen LogP contribution < -0.4 is 11.5 Å². The number of rotatable bonds is 6. The molecule has 4 N–H and O–H groups in total. The number of benzene rings is 1. The van der Waals surface area contributed by atoms with Crippen LogP contribution in [-0.4, -0.2) is 0 Å². The summed E-state index contributed by atoms with van der Waals surface area (Å²) in [5.74, 6) is 0. The van der Waals surface area contributed by atoms with Crippen LogP contribution in [0, 0.1) is 0 Å². The smallest absolute Gasteiger partial charge is 0.0294 e. The Morgan fingerprint density at radius 3 is 1.75 bits per heavy atom. The fraction of sp³-hybridized carbons (Fsp3) is 0.571. The van der Waals surface area contributed by atoms with Crippen molar-refractivity contribution >= 4 is 0 Å². The van der Waals surface area contributed by atoms with Crippen LogP contribution in [-0.2, 0) is 0 Å². The van der Waals surface area contributed by atoms with E-state index in [0.717, 1.165) is 25.7 Å². The normalized spacial score (nSPS) is 14.8. The third-order valence-corrected chi connectivity index (χ3v) is 2.97. The van der Waals surface area contributed by atoms with Crippen molar-refractivity contribution in [2.45, 2.75) is 51.6 Å². The molecule has 2 nitrogen and oxygen atoms in total. The molecule has 0 aliphatic rings. The van der Waals surface area contributed by atoms with Crippen LogP contribution in [0.5, 0.6) is 0 Å². The second-order valence-corrected chi connectivity index (χ2v) is 4.46. The second-order valence-electron chi connectivity index (χ2n) is 4.46. The quantitative estimate of drug-likeness (QED) is 0.773. The zero-order valence-corrected chi connectivity index (χ0v) is 10.4. The Labute approximate surface area is 99.0 Å². The predicted octanol–water partition coefficient (Wildman–Crippen LogP) is 3.29. The summed E-state index contributed by atoms with van der Waals surface area (Å²) in [7, 11) is 0. The summed E-state index contributed by atoms with van der Waals surface area (Å²) in [5, 5.41) is 0. The molecule has 0 spiro atoms. The number of hydrogen-bond acceptors (Lipinski definition) is 2. The van der Waals surface area contributed by atoms with Gasteiger partial charge in [0.25, 0.3) is 0 Å². The van der Waals surface area contributed by atoms with Gasteiger partial charge in [-0.25, -0.2) is 0 Å². The lowest BCUT2D eigenvalue weighted by atomic mass is 9.96. The van der Waals surface area contributed by atoms with Gasteiger partial charge in [-0.2, -0.15) is 0 Å². The van der Waals surface area contributed by atoms with Crippen LogP contribution in [0.25, 0.3) is 0 Å². The van der Waals surface area contributed by atoms with Gasteiger partial charge in [-0.3, -0.25) is 0 Å². The van der Waals surface area contributed by atoms with Gasteiger partial charge in [0, 0.05) is 12.1 Å². The lowest BCUT2D eigenvalue weighted by molar-refractivity contribution is 0.622. The molecular formula is C14H24N2. The highest BCUT2D eigenvalue weighted by molar-refractivity contribution is 5.27. The molecule has 0 unspecified atom stereocenters.